The molecule has 0 amide bonds. The Morgan fingerprint density at radius 1 is 1.47 bits per heavy atom. The maximum absolute atomic E-state index is 13.4. The summed E-state index contributed by atoms with van der Waals surface area (Å²) in [6, 6.07) is 4.51. The number of halogens is 2. The average Bonchev–Trinajstić information content (AvgIpc) is 2.59. The van der Waals surface area contributed by atoms with Crippen LogP contribution in [0, 0.1) is 5.82 Å². The SMILES string of the molecule is Nc1cnc(Oc2cccc(Cl)c2F)s1. The van der Waals surface area contributed by atoms with Crippen molar-refractivity contribution in [2.24, 2.45) is 0 Å². The zero-order valence-electron chi connectivity index (χ0n) is 7.41. The lowest BCUT2D eigenvalue weighted by Crippen LogP contribution is -1.87. The molecule has 0 atom stereocenters. The minimum Gasteiger partial charge on any atom is -0.428 e. The molecule has 3 nitrogen and oxygen atoms in total. The second kappa shape index (κ2) is 4.04. The number of hydrogen-bond donors (Lipinski definition) is 1. The fourth-order valence-corrected chi connectivity index (χ4v) is 1.68. The first-order chi connectivity index (χ1) is 7.16. The largest absolute Gasteiger partial charge is 0.428 e. The highest BCUT2D eigenvalue weighted by molar-refractivity contribution is 7.17. The summed E-state index contributed by atoms with van der Waals surface area (Å²) in [6.07, 6.45) is 1.45. The van der Waals surface area contributed by atoms with Gasteiger partial charge in [0.25, 0.3) is 5.19 Å². The van der Waals surface area contributed by atoms with E-state index in [9.17, 15) is 4.39 Å². The van der Waals surface area contributed by atoms with Gasteiger partial charge < -0.3 is 10.5 Å². The first-order valence-corrected chi connectivity index (χ1v) is 5.19. The Labute approximate surface area is 94.3 Å². The van der Waals surface area contributed by atoms with Crippen molar-refractivity contribution in [2.75, 3.05) is 5.73 Å². The molecule has 1 aromatic carbocycles. The molecule has 0 saturated carbocycles. The van der Waals surface area contributed by atoms with Crippen LogP contribution < -0.4 is 10.5 Å². The van der Waals surface area contributed by atoms with Crippen LogP contribution in [0.5, 0.6) is 10.9 Å². The Kier molecular flexibility index (Phi) is 2.75. The molecule has 0 radical (unpaired) electrons. The predicted molar refractivity (Wildman–Crippen MR) is 58.0 cm³/mol. The van der Waals surface area contributed by atoms with Gasteiger partial charge in [-0.05, 0) is 12.1 Å². The molecule has 2 N–H and O–H groups in total. The van der Waals surface area contributed by atoms with Crippen LogP contribution in [0.15, 0.2) is 24.4 Å². The van der Waals surface area contributed by atoms with Crippen molar-refractivity contribution in [3.05, 3.63) is 35.2 Å². The maximum atomic E-state index is 13.4. The number of benzene rings is 1. The molecule has 0 aliphatic heterocycles. The minimum absolute atomic E-state index is 0.0111. The average molecular weight is 245 g/mol. The number of ether oxygens (including phenoxy) is 1. The maximum Gasteiger partial charge on any atom is 0.280 e. The van der Waals surface area contributed by atoms with Gasteiger partial charge in [0.15, 0.2) is 11.6 Å². The summed E-state index contributed by atoms with van der Waals surface area (Å²) in [5.41, 5.74) is 5.46. The van der Waals surface area contributed by atoms with Crippen molar-refractivity contribution < 1.29 is 9.13 Å². The summed E-state index contributed by atoms with van der Waals surface area (Å²) < 4.78 is 18.6. The molecule has 1 aromatic heterocycles. The Morgan fingerprint density at radius 2 is 2.27 bits per heavy atom. The van der Waals surface area contributed by atoms with Gasteiger partial charge >= 0.3 is 0 Å². The summed E-state index contributed by atoms with van der Waals surface area (Å²) in [6.45, 7) is 0. The Bertz CT molecular complexity index is 489. The van der Waals surface area contributed by atoms with Crippen LogP contribution in [-0.4, -0.2) is 4.98 Å². The molecule has 2 rings (SSSR count). The molecule has 2 aromatic rings. The van der Waals surface area contributed by atoms with Gasteiger partial charge in [0.1, 0.15) is 5.00 Å². The lowest BCUT2D eigenvalue weighted by Gasteiger charge is -2.03. The van der Waals surface area contributed by atoms with Crippen LogP contribution in [-0.2, 0) is 0 Å². The number of rotatable bonds is 2. The molecular formula is C9H6ClFN2OS. The second-order valence-electron chi connectivity index (χ2n) is 2.68. The fraction of sp³-hybridized carbons (Fsp3) is 0. The van der Waals surface area contributed by atoms with Crippen LogP contribution in [0.3, 0.4) is 0 Å². The molecule has 1 heterocycles. The van der Waals surface area contributed by atoms with E-state index in [4.69, 9.17) is 22.1 Å². The van der Waals surface area contributed by atoms with Gasteiger partial charge in [-0.1, -0.05) is 29.0 Å². The van der Waals surface area contributed by atoms with Crippen LogP contribution >= 0.6 is 22.9 Å². The van der Waals surface area contributed by atoms with Crippen LogP contribution in [0.25, 0.3) is 0 Å². The molecule has 0 unspecified atom stereocenters. The molecule has 78 valence electrons. The number of hydrogen-bond acceptors (Lipinski definition) is 4. The third kappa shape index (κ3) is 2.19. The number of nitrogens with zero attached hydrogens (tertiary/aromatic N) is 1. The summed E-state index contributed by atoms with van der Waals surface area (Å²) in [7, 11) is 0. The van der Waals surface area contributed by atoms with E-state index < -0.39 is 5.82 Å². The van der Waals surface area contributed by atoms with Crippen molar-refractivity contribution in [1.82, 2.24) is 4.98 Å². The van der Waals surface area contributed by atoms with Gasteiger partial charge in [0.2, 0.25) is 0 Å². The second-order valence-corrected chi connectivity index (χ2v) is 4.11. The zero-order valence-corrected chi connectivity index (χ0v) is 8.98. The molecule has 0 spiro atoms. The lowest BCUT2D eigenvalue weighted by atomic mass is 10.3. The van der Waals surface area contributed by atoms with Crippen molar-refractivity contribution in [2.45, 2.75) is 0 Å². The van der Waals surface area contributed by atoms with Gasteiger partial charge in [0.05, 0.1) is 11.2 Å². The first-order valence-electron chi connectivity index (χ1n) is 4.00. The summed E-state index contributed by atoms with van der Waals surface area (Å²) >= 11 is 6.72. The molecule has 0 bridgehead atoms. The number of anilines is 1. The van der Waals surface area contributed by atoms with Crippen LogP contribution in [0.4, 0.5) is 9.39 Å². The Balaban J connectivity index is 2.28. The molecule has 0 saturated heterocycles. The number of aromatic nitrogens is 1. The van der Waals surface area contributed by atoms with Crippen molar-refractivity contribution in [3.63, 3.8) is 0 Å². The lowest BCUT2D eigenvalue weighted by molar-refractivity contribution is 0.440. The smallest absolute Gasteiger partial charge is 0.280 e. The first kappa shape index (κ1) is 10.2. The summed E-state index contributed by atoms with van der Waals surface area (Å²) in [5, 5.41) is 0.804. The van der Waals surface area contributed by atoms with Gasteiger partial charge in [0, 0.05) is 0 Å². The van der Waals surface area contributed by atoms with Gasteiger partial charge in [-0.3, -0.25) is 0 Å². The highest BCUT2D eigenvalue weighted by Gasteiger charge is 2.09. The summed E-state index contributed by atoms with van der Waals surface area (Å²) in [5.74, 6) is -0.565. The molecule has 6 heteroatoms. The van der Waals surface area contributed by atoms with Gasteiger partial charge in [-0.15, -0.1) is 0 Å². The van der Waals surface area contributed by atoms with E-state index in [1.165, 1.54) is 18.3 Å². The van der Waals surface area contributed by atoms with E-state index in [0.717, 1.165) is 11.3 Å². The van der Waals surface area contributed by atoms with Gasteiger partial charge in [-0.2, -0.15) is 0 Å². The quantitative estimate of drug-likeness (QED) is 0.882. The minimum atomic E-state index is -0.604. The van der Waals surface area contributed by atoms with Crippen molar-refractivity contribution in [1.29, 1.82) is 0 Å². The monoisotopic (exact) mass is 244 g/mol. The van der Waals surface area contributed by atoms with E-state index in [-0.39, 0.29) is 16.0 Å². The van der Waals surface area contributed by atoms with E-state index in [1.54, 1.807) is 6.07 Å². The Hall–Kier alpha value is -1.33. The van der Waals surface area contributed by atoms with E-state index >= 15 is 0 Å². The number of thiazole rings is 1. The Morgan fingerprint density at radius 3 is 2.93 bits per heavy atom. The highest BCUT2D eigenvalue weighted by atomic mass is 35.5. The zero-order chi connectivity index (χ0) is 10.8. The highest BCUT2D eigenvalue weighted by Crippen LogP contribution is 2.31. The van der Waals surface area contributed by atoms with Crippen molar-refractivity contribution >= 4 is 27.9 Å². The van der Waals surface area contributed by atoms with E-state index in [2.05, 4.69) is 4.98 Å². The van der Waals surface area contributed by atoms with Crippen molar-refractivity contribution in [3.8, 4) is 10.9 Å². The van der Waals surface area contributed by atoms with E-state index in [0.29, 0.717) is 5.00 Å². The molecule has 0 aliphatic carbocycles. The molecule has 0 fully saturated rings. The van der Waals surface area contributed by atoms with E-state index in [1.807, 2.05) is 0 Å². The molecule has 15 heavy (non-hydrogen) atoms. The van der Waals surface area contributed by atoms with Crippen LogP contribution in [0.1, 0.15) is 0 Å². The standard InChI is InChI=1S/C9H6ClFN2OS/c10-5-2-1-3-6(8(5)11)14-9-13-4-7(12)15-9/h1-4H,12H2. The third-order valence-corrected chi connectivity index (χ3v) is 2.61. The molecular weight excluding hydrogens is 239 g/mol. The molecule has 0 aliphatic rings. The topological polar surface area (TPSA) is 48.1 Å². The predicted octanol–water partition coefficient (Wildman–Crippen LogP) is 3.31. The third-order valence-electron chi connectivity index (χ3n) is 1.62. The number of nitrogen functional groups attached to an aromatic ring is 1. The van der Waals surface area contributed by atoms with Gasteiger partial charge in [-0.25, -0.2) is 9.37 Å². The normalized spacial score (nSPS) is 10.3. The number of nitrogens with two attached hydrogens (primary N) is 1. The van der Waals surface area contributed by atoms with Crippen LogP contribution in [0.2, 0.25) is 5.02 Å². The fourth-order valence-electron chi connectivity index (χ4n) is 0.974. The summed E-state index contributed by atoms with van der Waals surface area (Å²) in [4.78, 5) is 3.84.